The maximum absolute atomic E-state index is 10.3. The van der Waals surface area contributed by atoms with Crippen LogP contribution in [-0.4, -0.2) is 8.42 Å². The highest BCUT2D eigenvalue weighted by Crippen LogP contribution is 2.49. The molecule has 0 heterocycles. The quantitative estimate of drug-likeness (QED) is 0.753. The van der Waals surface area contributed by atoms with Gasteiger partial charge in [0.1, 0.15) is 11.4 Å². The number of rotatable bonds is 2. The number of hydrogen-bond donors (Lipinski definition) is 0. The highest BCUT2D eigenvalue weighted by atomic mass is 35.5. The van der Waals surface area contributed by atoms with Crippen molar-refractivity contribution < 1.29 is 8.42 Å². The molecule has 4 nitrogen and oxygen atoms in total. The lowest BCUT2D eigenvalue weighted by Crippen LogP contribution is -1.79. The van der Waals surface area contributed by atoms with Gasteiger partial charge in [-0.2, -0.15) is 17.1 Å². The summed E-state index contributed by atoms with van der Waals surface area (Å²) < 4.78 is 27.5. The van der Waals surface area contributed by atoms with Crippen LogP contribution in [0.2, 0.25) is 20.1 Å². The summed E-state index contributed by atoms with van der Waals surface area (Å²) in [5, 5.41) is -0.307. The third kappa shape index (κ3) is 2.64. The zero-order valence-electron chi connectivity index (χ0n) is 7.04. The summed E-state index contributed by atoms with van der Waals surface area (Å²) in [6, 6.07) is 0. The van der Waals surface area contributed by atoms with Crippen LogP contribution in [0.4, 0.5) is 11.4 Å². The van der Waals surface area contributed by atoms with Gasteiger partial charge in [0.15, 0.2) is 0 Å². The molecule has 0 aromatic heterocycles. The molecule has 0 aliphatic rings. The number of benzene rings is 1. The number of nitrogens with zero attached hydrogens (tertiary/aromatic N) is 2. The van der Waals surface area contributed by atoms with Crippen molar-refractivity contribution in [1.29, 1.82) is 0 Å². The Kier molecular flexibility index (Phi) is 5.36. The molecule has 0 aliphatic heterocycles. The molecule has 16 heavy (non-hydrogen) atoms. The Labute approximate surface area is 117 Å². The topological polar surface area (TPSA) is 58.9 Å². The van der Waals surface area contributed by atoms with Crippen LogP contribution < -0.4 is 0 Å². The van der Waals surface area contributed by atoms with E-state index in [2.05, 4.69) is 8.73 Å². The minimum atomic E-state index is -0.0890. The Morgan fingerprint density at radius 1 is 0.688 bits per heavy atom. The zero-order valence-corrected chi connectivity index (χ0v) is 11.7. The molecule has 1 aromatic carbocycles. The fourth-order valence-electron chi connectivity index (χ4n) is 0.843. The minimum Gasteiger partial charge on any atom is -0.191 e. The smallest absolute Gasteiger partial charge is 0.191 e. The molecule has 0 amide bonds. The van der Waals surface area contributed by atoms with Crippen molar-refractivity contribution in [2.45, 2.75) is 0 Å². The molecule has 0 saturated carbocycles. The maximum Gasteiger partial charge on any atom is 0.205 e. The molecule has 0 saturated heterocycles. The summed E-state index contributed by atoms with van der Waals surface area (Å²) in [5.41, 5.74) is -0.0682. The van der Waals surface area contributed by atoms with E-state index in [1.165, 1.54) is 0 Å². The lowest BCUT2D eigenvalue weighted by atomic mass is 10.3. The van der Waals surface area contributed by atoms with Gasteiger partial charge in [0, 0.05) is 0 Å². The van der Waals surface area contributed by atoms with Gasteiger partial charge in [-0.25, -0.2) is 0 Å². The van der Waals surface area contributed by atoms with E-state index in [0.29, 0.717) is 0 Å². The van der Waals surface area contributed by atoms with E-state index >= 15 is 0 Å². The number of hydrogen-bond acceptors (Lipinski definition) is 4. The van der Waals surface area contributed by atoms with E-state index in [9.17, 15) is 8.42 Å². The summed E-state index contributed by atoms with van der Waals surface area (Å²) in [7, 11) is 0. The fraction of sp³-hybridized carbons (Fsp3) is 0. The molecule has 0 fully saturated rings. The second kappa shape index (κ2) is 6.09. The molecule has 0 N–H and O–H groups in total. The molecule has 0 bridgehead atoms. The van der Waals surface area contributed by atoms with Gasteiger partial charge in [0.25, 0.3) is 0 Å². The molecule has 10 heteroatoms. The molecule has 86 valence electrons. The molecule has 0 unspecified atom stereocenters. The van der Waals surface area contributed by atoms with E-state index in [0.717, 1.165) is 0 Å². The Bertz CT molecular complexity index is 474. The van der Waals surface area contributed by atoms with Crippen LogP contribution in [0, 0.1) is 0 Å². The predicted octanol–water partition coefficient (Wildman–Crippen LogP) is 4.36. The average Bonchev–Trinajstić information content (AvgIpc) is 2.28. The van der Waals surface area contributed by atoms with Gasteiger partial charge in [0.05, 0.1) is 20.1 Å². The average molecular weight is 338 g/mol. The van der Waals surface area contributed by atoms with E-state index in [1.54, 1.807) is 0 Å². The third-order valence-electron chi connectivity index (χ3n) is 1.47. The zero-order chi connectivity index (χ0) is 12.3. The maximum atomic E-state index is 10.3. The summed E-state index contributed by atoms with van der Waals surface area (Å²) in [6.07, 6.45) is 0. The van der Waals surface area contributed by atoms with Crippen LogP contribution in [-0.2, 0) is 22.9 Å². The molecular weight excluding hydrogens is 338 g/mol. The fourth-order valence-corrected chi connectivity index (χ4v) is 2.56. The van der Waals surface area contributed by atoms with Crippen molar-refractivity contribution in [3.05, 3.63) is 20.1 Å². The van der Waals surface area contributed by atoms with Gasteiger partial charge in [-0.15, -0.1) is 0 Å². The largest absolute Gasteiger partial charge is 0.205 e. The summed E-state index contributed by atoms with van der Waals surface area (Å²) >= 11 is 23.0. The van der Waals surface area contributed by atoms with Crippen molar-refractivity contribution >= 4 is 80.7 Å². The van der Waals surface area contributed by atoms with Gasteiger partial charge in [-0.3, -0.25) is 0 Å². The van der Waals surface area contributed by atoms with E-state index in [1.807, 2.05) is 0 Å². The van der Waals surface area contributed by atoms with Crippen molar-refractivity contribution in [1.82, 2.24) is 0 Å². The first kappa shape index (κ1) is 14.1. The first-order chi connectivity index (χ1) is 7.54. The lowest BCUT2D eigenvalue weighted by molar-refractivity contribution is 0.697. The highest BCUT2D eigenvalue weighted by Gasteiger charge is 2.20. The molecule has 1 rings (SSSR count). The van der Waals surface area contributed by atoms with Crippen molar-refractivity contribution in [3.63, 3.8) is 0 Å². The first-order valence-corrected chi connectivity index (χ1v) is 6.31. The molecule has 0 spiro atoms. The van der Waals surface area contributed by atoms with E-state index < -0.39 is 0 Å². The molecule has 0 aliphatic carbocycles. The van der Waals surface area contributed by atoms with E-state index in [-0.39, 0.29) is 54.4 Å². The summed E-state index contributed by atoms with van der Waals surface area (Å²) in [5.74, 6) is 0. The normalized spacial score (nSPS) is 9.75. The second-order valence-corrected chi connectivity index (χ2v) is 4.46. The summed E-state index contributed by atoms with van der Waals surface area (Å²) in [4.78, 5) is 0. The Hall–Kier alpha value is 0.0200. The van der Waals surface area contributed by atoms with Gasteiger partial charge in [0.2, 0.25) is 22.9 Å². The summed E-state index contributed by atoms with van der Waals surface area (Å²) in [6.45, 7) is 0. The third-order valence-corrected chi connectivity index (χ3v) is 3.65. The van der Waals surface area contributed by atoms with Crippen molar-refractivity contribution in [3.8, 4) is 0 Å². The Morgan fingerprint density at radius 2 is 0.938 bits per heavy atom. The standard InChI is InChI=1S/C6Cl4N2O2S2/c7-1-2(8)6(12-16-14)4(10)3(9)5(1)11-15-13. The van der Waals surface area contributed by atoms with Gasteiger partial charge in [-0.05, 0) is 0 Å². The first-order valence-electron chi connectivity index (χ1n) is 3.40. The number of halogens is 4. The van der Waals surface area contributed by atoms with Crippen LogP contribution in [0.25, 0.3) is 0 Å². The monoisotopic (exact) mass is 336 g/mol. The van der Waals surface area contributed by atoms with Gasteiger partial charge >= 0.3 is 0 Å². The van der Waals surface area contributed by atoms with Gasteiger partial charge in [-0.1, -0.05) is 46.4 Å². The second-order valence-electron chi connectivity index (χ2n) is 2.28. The highest BCUT2D eigenvalue weighted by molar-refractivity contribution is 7.55. The van der Waals surface area contributed by atoms with Crippen molar-refractivity contribution in [2.24, 2.45) is 8.73 Å². The van der Waals surface area contributed by atoms with Crippen LogP contribution >= 0.6 is 46.4 Å². The van der Waals surface area contributed by atoms with Crippen LogP contribution in [0.5, 0.6) is 0 Å². The Morgan fingerprint density at radius 3 is 1.12 bits per heavy atom. The molecular formula is C6Cl4N2O2S2. The van der Waals surface area contributed by atoms with Crippen LogP contribution in [0.3, 0.4) is 0 Å². The SMILES string of the molecule is O=S=Nc1c(Cl)c(Cl)c(N=S=O)c(Cl)c1Cl. The molecule has 0 radical (unpaired) electrons. The molecule has 0 atom stereocenters. The predicted molar refractivity (Wildman–Crippen MR) is 66.9 cm³/mol. The van der Waals surface area contributed by atoms with Crippen LogP contribution in [0.1, 0.15) is 0 Å². The van der Waals surface area contributed by atoms with Crippen molar-refractivity contribution in [2.75, 3.05) is 0 Å². The van der Waals surface area contributed by atoms with Gasteiger partial charge < -0.3 is 0 Å². The minimum absolute atomic E-state index is 0.0341. The van der Waals surface area contributed by atoms with E-state index in [4.69, 9.17) is 46.4 Å². The Balaban J connectivity index is 3.75. The lowest BCUT2D eigenvalue weighted by Gasteiger charge is -2.07. The molecule has 1 aromatic rings. The van der Waals surface area contributed by atoms with Crippen LogP contribution in [0.15, 0.2) is 8.73 Å².